The lowest BCUT2D eigenvalue weighted by molar-refractivity contribution is -0.0621. The van der Waals surface area contributed by atoms with E-state index >= 15 is 0 Å². The zero-order chi connectivity index (χ0) is 13.0. The lowest BCUT2D eigenvalue weighted by Crippen LogP contribution is -2.29. The van der Waals surface area contributed by atoms with Gasteiger partial charge in [0.1, 0.15) is 11.8 Å². The predicted octanol–water partition coefficient (Wildman–Crippen LogP) is 1.52. The van der Waals surface area contributed by atoms with Crippen molar-refractivity contribution in [2.45, 2.75) is 33.0 Å². The summed E-state index contributed by atoms with van der Waals surface area (Å²) in [5.41, 5.74) is 0.652. The number of aliphatic hydroxyl groups excluding tert-OH is 1. The first kappa shape index (κ1) is 14.0. The van der Waals surface area contributed by atoms with E-state index in [0.717, 1.165) is 0 Å². The molecule has 0 fully saturated rings. The summed E-state index contributed by atoms with van der Waals surface area (Å²) in [7, 11) is 3.35. The Labute approximate surface area is 102 Å². The van der Waals surface area contributed by atoms with Crippen molar-refractivity contribution < 1.29 is 14.6 Å². The molecule has 1 rings (SSSR count). The summed E-state index contributed by atoms with van der Waals surface area (Å²) in [6, 6.07) is 0. The van der Waals surface area contributed by atoms with Crippen molar-refractivity contribution in [3.63, 3.8) is 0 Å². The van der Waals surface area contributed by atoms with Gasteiger partial charge >= 0.3 is 0 Å². The maximum Gasteiger partial charge on any atom is 0.162 e. The Hall–Kier alpha value is -1.07. The van der Waals surface area contributed by atoms with E-state index in [1.54, 1.807) is 25.0 Å². The minimum absolute atomic E-state index is 0.213. The summed E-state index contributed by atoms with van der Waals surface area (Å²) in [5, 5.41) is 14.5. The van der Waals surface area contributed by atoms with Gasteiger partial charge < -0.3 is 14.6 Å². The van der Waals surface area contributed by atoms with Crippen LogP contribution in [0, 0.1) is 5.92 Å². The molecular weight excluding hydrogens is 220 g/mol. The SMILES string of the molecule is CCOC(C(C)C)C(O)c1c(OC)cnn1C. The number of aromatic nitrogens is 2. The molecule has 2 atom stereocenters. The highest BCUT2D eigenvalue weighted by molar-refractivity contribution is 5.27. The summed E-state index contributed by atoms with van der Waals surface area (Å²) in [5.74, 6) is 0.801. The normalized spacial score (nSPS) is 15.0. The third kappa shape index (κ3) is 2.98. The third-order valence-electron chi connectivity index (χ3n) is 2.78. The Kier molecular flexibility index (Phi) is 4.96. The number of aryl methyl sites for hydroxylation is 1. The van der Waals surface area contributed by atoms with Crippen LogP contribution >= 0.6 is 0 Å². The molecule has 0 aliphatic carbocycles. The van der Waals surface area contributed by atoms with Crippen LogP contribution in [0.25, 0.3) is 0 Å². The van der Waals surface area contributed by atoms with Crippen LogP contribution in [0.2, 0.25) is 0 Å². The maximum atomic E-state index is 10.4. The predicted molar refractivity (Wildman–Crippen MR) is 65.0 cm³/mol. The quantitative estimate of drug-likeness (QED) is 0.821. The fourth-order valence-corrected chi connectivity index (χ4v) is 1.92. The molecule has 0 radical (unpaired) electrons. The Bertz CT molecular complexity index is 350. The van der Waals surface area contributed by atoms with Crippen molar-refractivity contribution >= 4 is 0 Å². The van der Waals surface area contributed by atoms with Gasteiger partial charge in [0, 0.05) is 13.7 Å². The lowest BCUT2D eigenvalue weighted by Gasteiger charge is -2.26. The second kappa shape index (κ2) is 6.02. The van der Waals surface area contributed by atoms with Gasteiger partial charge in [0.25, 0.3) is 0 Å². The van der Waals surface area contributed by atoms with Crippen molar-refractivity contribution in [3.05, 3.63) is 11.9 Å². The van der Waals surface area contributed by atoms with E-state index in [-0.39, 0.29) is 12.0 Å². The number of methoxy groups -OCH3 is 1. The van der Waals surface area contributed by atoms with E-state index in [2.05, 4.69) is 5.10 Å². The van der Waals surface area contributed by atoms with Crippen molar-refractivity contribution in [1.82, 2.24) is 9.78 Å². The minimum Gasteiger partial charge on any atom is -0.493 e. The minimum atomic E-state index is -0.739. The average molecular weight is 242 g/mol. The lowest BCUT2D eigenvalue weighted by atomic mass is 9.99. The first-order chi connectivity index (χ1) is 8.02. The molecule has 5 heteroatoms. The van der Waals surface area contributed by atoms with E-state index in [9.17, 15) is 5.11 Å². The molecule has 17 heavy (non-hydrogen) atoms. The molecule has 0 spiro atoms. The highest BCUT2D eigenvalue weighted by Crippen LogP contribution is 2.30. The van der Waals surface area contributed by atoms with E-state index in [4.69, 9.17) is 9.47 Å². The van der Waals surface area contributed by atoms with Crippen LogP contribution in [0.1, 0.15) is 32.6 Å². The van der Waals surface area contributed by atoms with Gasteiger partial charge in [-0.1, -0.05) is 13.8 Å². The molecule has 0 bridgehead atoms. The van der Waals surface area contributed by atoms with Crippen molar-refractivity contribution in [2.75, 3.05) is 13.7 Å². The molecule has 1 aromatic heterocycles. The van der Waals surface area contributed by atoms with Gasteiger partial charge in [0.2, 0.25) is 0 Å². The monoisotopic (exact) mass is 242 g/mol. The molecule has 2 unspecified atom stereocenters. The fourth-order valence-electron chi connectivity index (χ4n) is 1.92. The molecule has 0 aliphatic rings. The number of rotatable bonds is 6. The maximum absolute atomic E-state index is 10.4. The van der Waals surface area contributed by atoms with Crippen LogP contribution in [0.15, 0.2) is 6.20 Å². The third-order valence-corrected chi connectivity index (χ3v) is 2.78. The van der Waals surface area contributed by atoms with Crippen molar-refractivity contribution in [2.24, 2.45) is 13.0 Å². The summed E-state index contributed by atoms with van der Waals surface area (Å²) in [6.07, 6.45) is 0.601. The number of nitrogens with zero attached hydrogens (tertiary/aromatic N) is 2. The first-order valence-electron chi connectivity index (χ1n) is 5.88. The van der Waals surface area contributed by atoms with Gasteiger partial charge in [-0.15, -0.1) is 0 Å². The number of aliphatic hydroxyl groups is 1. The zero-order valence-corrected chi connectivity index (χ0v) is 11.2. The molecule has 1 N–H and O–H groups in total. The van der Waals surface area contributed by atoms with E-state index in [1.165, 1.54) is 0 Å². The Morgan fingerprint density at radius 3 is 2.59 bits per heavy atom. The Balaban J connectivity index is 2.99. The second-order valence-electron chi connectivity index (χ2n) is 4.33. The largest absolute Gasteiger partial charge is 0.493 e. The molecule has 0 aliphatic heterocycles. The fraction of sp³-hybridized carbons (Fsp3) is 0.750. The van der Waals surface area contributed by atoms with Crippen LogP contribution in [-0.4, -0.2) is 34.7 Å². The summed E-state index contributed by atoms with van der Waals surface area (Å²) in [6.45, 7) is 6.53. The van der Waals surface area contributed by atoms with Crippen LogP contribution in [0.4, 0.5) is 0 Å². The summed E-state index contributed by atoms with van der Waals surface area (Å²) >= 11 is 0. The smallest absolute Gasteiger partial charge is 0.162 e. The second-order valence-corrected chi connectivity index (χ2v) is 4.33. The van der Waals surface area contributed by atoms with Crippen LogP contribution in [0.3, 0.4) is 0 Å². The molecule has 98 valence electrons. The Morgan fingerprint density at radius 2 is 2.12 bits per heavy atom. The highest BCUT2D eigenvalue weighted by Gasteiger charge is 2.29. The van der Waals surface area contributed by atoms with Crippen LogP contribution in [0.5, 0.6) is 5.75 Å². The van der Waals surface area contributed by atoms with Gasteiger partial charge in [0.05, 0.1) is 19.4 Å². The molecule has 0 amide bonds. The molecule has 0 aromatic carbocycles. The van der Waals surface area contributed by atoms with Gasteiger partial charge in [-0.05, 0) is 12.8 Å². The average Bonchev–Trinajstić information content (AvgIpc) is 2.66. The first-order valence-corrected chi connectivity index (χ1v) is 5.88. The van der Waals surface area contributed by atoms with Gasteiger partial charge in [-0.2, -0.15) is 5.10 Å². The van der Waals surface area contributed by atoms with E-state index < -0.39 is 6.10 Å². The molecule has 1 heterocycles. The summed E-state index contributed by atoms with van der Waals surface area (Å²) in [4.78, 5) is 0. The summed E-state index contributed by atoms with van der Waals surface area (Å²) < 4.78 is 12.4. The number of hydrogen-bond donors (Lipinski definition) is 1. The van der Waals surface area contributed by atoms with Gasteiger partial charge in [-0.25, -0.2) is 0 Å². The van der Waals surface area contributed by atoms with Crippen molar-refractivity contribution in [3.8, 4) is 5.75 Å². The zero-order valence-electron chi connectivity index (χ0n) is 11.2. The number of ether oxygens (including phenoxy) is 2. The van der Waals surface area contributed by atoms with Gasteiger partial charge in [0.15, 0.2) is 5.75 Å². The van der Waals surface area contributed by atoms with Crippen molar-refractivity contribution in [1.29, 1.82) is 0 Å². The molecule has 1 aromatic rings. The molecular formula is C12H22N2O3. The Morgan fingerprint density at radius 1 is 1.47 bits per heavy atom. The van der Waals surface area contributed by atoms with Crippen LogP contribution in [-0.2, 0) is 11.8 Å². The highest BCUT2D eigenvalue weighted by atomic mass is 16.5. The standard InChI is InChI=1S/C12H22N2O3/c1-6-17-12(8(2)3)11(15)10-9(16-5)7-13-14(10)4/h7-8,11-12,15H,6H2,1-5H3. The number of hydrogen-bond acceptors (Lipinski definition) is 4. The molecule has 0 saturated heterocycles. The molecule has 0 saturated carbocycles. The van der Waals surface area contributed by atoms with E-state index in [0.29, 0.717) is 18.1 Å². The topological polar surface area (TPSA) is 56.5 Å². The van der Waals surface area contributed by atoms with Gasteiger partial charge in [-0.3, -0.25) is 4.68 Å². The molecule has 5 nitrogen and oxygen atoms in total. The van der Waals surface area contributed by atoms with Crippen LogP contribution < -0.4 is 4.74 Å². The van der Waals surface area contributed by atoms with E-state index in [1.807, 2.05) is 20.8 Å².